The number of pyridine rings is 1. The smallest absolute Gasteiger partial charge is 0.272 e. The summed E-state index contributed by atoms with van der Waals surface area (Å²) in [6.07, 6.45) is 4.39. The van der Waals surface area contributed by atoms with E-state index < -0.39 is 6.10 Å². The number of amides is 1. The second kappa shape index (κ2) is 5.88. The SMILES string of the molecule is Cc1cccc(C(=O)N2CC[C@H](O)[C@H]2Cc2cnn(C)c2)n1. The Bertz CT molecular complexity index is 682. The quantitative estimate of drug-likeness (QED) is 0.916. The van der Waals surface area contributed by atoms with Gasteiger partial charge >= 0.3 is 0 Å². The Labute approximate surface area is 129 Å². The topological polar surface area (TPSA) is 71.2 Å². The normalized spacial score (nSPS) is 21.3. The van der Waals surface area contributed by atoms with E-state index in [1.807, 2.05) is 32.3 Å². The highest BCUT2D eigenvalue weighted by Gasteiger charge is 2.36. The molecule has 2 aromatic rings. The highest BCUT2D eigenvalue weighted by molar-refractivity contribution is 5.92. The maximum Gasteiger partial charge on any atom is 0.272 e. The molecule has 0 saturated carbocycles. The van der Waals surface area contributed by atoms with Gasteiger partial charge in [-0.2, -0.15) is 5.10 Å². The molecular formula is C16H20N4O2. The second-order valence-corrected chi connectivity index (χ2v) is 5.81. The number of carbonyl (C=O) groups excluding carboxylic acids is 1. The highest BCUT2D eigenvalue weighted by atomic mass is 16.3. The van der Waals surface area contributed by atoms with E-state index in [2.05, 4.69) is 10.1 Å². The Morgan fingerprint density at radius 1 is 1.45 bits per heavy atom. The van der Waals surface area contributed by atoms with Gasteiger partial charge in [0.15, 0.2) is 0 Å². The number of hydrogen-bond donors (Lipinski definition) is 1. The van der Waals surface area contributed by atoms with Gasteiger partial charge in [-0.15, -0.1) is 0 Å². The van der Waals surface area contributed by atoms with Gasteiger partial charge in [-0.25, -0.2) is 4.98 Å². The lowest BCUT2D eigenvalue weighted by Gasteiger charge is -2.25. The van der Waals surface area contributed by atoms with Crippen LogP contribution in [0.15, 0.2) is 30.6 Å². The first kappa shape index (κ1) is 14.7. The molecule has 1 N–H and O–H groups in total. The van der Waals surface area contributed by atoms with Crippen molar-refractivity contribution < 1.29 is 9.90 Å². The molecule has 1 amide bonds. The molecule has 22 heavy (non-hydrogen) atoms. The Balaban J connectivity index is 1.80. The summed E-state index contributed by atoms with van der Waals surface area (Å²) in [4.78, 5) is 18.7. The van der Waals surface area contributed by atoms with Crippen LogP contribution in [0.3, 0.4) is 0 Å². The third-order valence-corrected chi connectivity index (χ3v) is 4.08. The number of aryl methyl sites for hydroxylation is 2. The number of hydrogen-bond acceptors (Lipinski definition) is 4. The molecule has 0 aliphatic carbocycles. The monoisotopic (exact) mass is 300 g/mol. The Morgan fingerprint density at radius 3 is 2.95 bits per heavy atom. The van der Waals surface area contributed by atoms with Crippen LogP contribution in [0.25, 0.3) is 0 Å². The molecule has 116 valence electrons. The predicted octanol–water partition coefficient (Wildman–Crippen LogP) is 0.942. The molecule has 2 atom stereocenters. The Kier molecular flexibility index (Phi) is 3.94. The molecule has 1 fully saturated rings. The fourth-order valence-electron chi connectivity index (χ4n) is 2.96. The van der Waals surface area contributed by atoms with Gasteiger partial charge in [0.25, 0.3) is 5.91 Å². The molecule has 0 aromatic carbocycles. The Hall–Kier alpha value is -2.21. The van der Waals surface area contributed by atoms with Crippen molar-refractivity contribution in [3.05, 3.63) is 47.5 Å². The van der Waals surface area contributed by atoms with Crippen LogP contribution in [-0.2, 0) is 13.5 Å². The lowest BCUT2D eigenvalue weighted by Crippen LogP contribution is -2.41. The molecule has 2 aromatic heterocycles. The summed E-state index contributed by atoms with van der Waals surface area (Å²) >= 11 is 0. The van der Waals surface area contributed by atoms with Crippen LogP contribution >= 0.6 is 0 Å². The van der Waals surface area contributed by atoms with Crippen molar-refractivity contribution in [2.24, 2.45) is 7.05 Å². The van der Waals surface area contributed by atoms with Crippen LogP contribution in [0, 0.1) is 6.92 Å². The molecule has 3 rings (SSSR count). The van der Waals surface area contributed by atoms with Gasteiger partial charge in [-0.3, -0.25) is 9.48 Å². The number of rotatable bonds is 3. The summed E-state index contributed by atoms with van der Waals surface area (Å²) in [7, 11) is 1.86. The van der Waals surface area contributed by atoms with Crippen LogP contribution in [0.1, 0.15) is 28.2 Å². The van der Waals surface area contributed by atoms with Gasteiger partial charge in [0.1, 0.15) is 5.69 Å². The summed E-state index contributed by atoms with van der Waals surface area (Å²) in [5.74, 6) is -0.117. The molecule has 3 heterocycles. The van der Waals surface area contributed by atoms with Crippen molar-refractivity contribution in [1.82, 2.24) is 19.7 Å². The van der Waals surface area contributed by atoms with Crippen molar-refractivity contribution in [3.63, 3.8) is 0 Å². The van der Waals surface area contributed by atoms with Crippen molar-refractivity contribution in [1.29, 1.82) is 0 Å². The van der Waals surface area contributed by atoms with Crippen molar-refractivity contribution >= 4 is 5.91 Å². The molecule has 0 bridgehead atoms. The summed E-state index contributed by atoms with van der Waals surface area (Å²) in [6.45, 7) is 2.42. The summed E-state index contributed by atoms with van der Waals surface area (Å²) in [5.41, 5.74) is 2.27. The van der Waals surface area contributed by atoms with Crippen molar-refractivity contribution in [3.8, 4) is 0 Å². The molecule has 0 unspecified atom stereocenters. The standard InChI is InChI=1S/C16H20N4O2/c1-11-4-3-5-13(18-11)16(22)20-7-6-15(21)14(20)8-12-9-17-19(2)10-12/h3-5,9-10,14-15,21H,6-8H2,1-2H3/t14-,15+/m1/s1. The first-order valence-electron chi connectivity index (χ1n) is 7.45. The molecule has 0 radical (unpaired) electrons. The molecular weight excluding hydrogens is 280 g/mol. The van der Waals surface area contributed by atoms with E-state index in [0.29, 0.717) is 25.1 Å². The minimum absolute atomic E-state index is 0.117. The second-order valence-electron chi connectivity index (χ2n) is 5.81. The lowest BCUT2D eigenvalue weighted by atomic mass is 10.0. The van der Waals surface area contributed by atoms with Crippen molar-refractivity contribution in [2.75, 3.05) is 6.54 Å². The first-order chi connectivity index (χ1) is 10.5. The lowest BCUT2D eigenvalue weighted by molar-refractivity contribution is 0.0634. The fraction of sp³-hybridized carbons (Fsp3) is 0.438. The molecule has 1 aliphatic rings. The number of carbonyl (C=O) groups is 1. The van der Waals surface area contributed by atoms with Crippen LogP contribution in [0.2, 0.25) is 0 Å². The van der Waals surface area contributed by atoms with E-state index >= 15 is 0 Å². The van der Waals surface area contributed by atoms with Gasteiger partial charge in [0, 0.05) is 25.5 Å². The van der Waals surface area contributed by atoms with Crippen LogP contribution in [0.4, 0.5) is 0 Å². The fourth-order valence-corrected chi connectivity index (χ4v) is 2.96. The molecule has 1 aliphatic heterocycles. The average Bonchev–Trinajstić information content (AvgIpc) is 3.06. The van der Waals surface area contributed by atoms with E-state index in [0.717, 1.165) is 11.3 Å². The Morgan fingerprint density at radius 2 is 2.27 bits per heavy atom. The van der Waals surface area contributed by atoms with E-state index in [1.165, 1.54) is 0 Å². The van der Waals surface area contributed by atoms with Crippen molar-refractivity contribution in [2.45, 2.75) is 31.9 Å². The van der Waals surface area contributed by atoms with Gasteiger partial charge in [-0.05, 0) is 37.5 Å². The zero-order valence-electron chi connectivity index (χ0n) is 12.8. The minimum Gasteiger partial charge on any atom is -0.391 e. The zero-order chi connectivity index (χ0) is 15.7. The third-order valence-electron chi connectivity index (χ3n) is 4.08. The maximum atomic E-state index is 12.7. The molecule has 0 spiro atoms. The van der Waals surface area contributed by atoms with E-state index in [-0.39, 0.29) is 11.9 Å². The van der Waals surface area contributed by atoms with Gasteiger partial charge in [0.2, 0.25) is 0 Å². The van der Waals surface area contributed by atoms with Gasteiger partial charge in [-0.1, -0.05) is 6.07 Å². The van der Waals surface area contributed by atoms with E-state index in [9.17, 15) is 9.90 Å². The molecule has 6 nitrogen and oxygen atoms in total. The number of aliphatic hydroxyl groups excluding tert-OH is 1. The van der Waals surface area contributed by atoms with Gasteiger partial charge in [0.05, 0.1) is 18.3 Å². The van der Waals surface area contributed by atoms with Crippen LogP contribution in [-0.4, -0.2) is 49.4 Å². The number of aromatic nitrogens is 3. The van der Waals surface area contributed by atoms with Gasteiger partial charge < -0.3 is 10.0 Å². The number of likely N-dealkylation sites (tertiary alicyclic amines) is 1. The van der Waals surface area contributed by atoms with E-state index in [4.69, 9.17) is 0 Å². The maximum absolute atomic E-state index is 12.7. The highest BCUT2D eigenvalue weighted by Crippen LogP contribution is 2.23. The number of aliphatic hydroxyl groups is 1. The van der Waals surface area contributed by atoms with Crippen LogP contribution < -0.4 is 0 Å². The predicted molar refractivity (Wildman–Crippen MR) is 81.3 cm³/mol. The average molecular weight is 300 g/mol. The first-order valence-corrected chi connectivity index (χ1v) is 7.45. The minimum atomic E-state index is -0.506. The third kappa shape index (κ3) is 2.87. The van der Waals surface area contributed by atoms with Crippen LogP contribution in [0.5, 0.6) is 0 Å². The van der Waals surface area contributed by atoms with E-state index in [1.54, 1.807) is 21.8 Å². The molecule has 1 saturated heterocycles. The zero-order valence-corrected chi connectivity index (χ0v) is 12.8. The largest absolute Gasteiger partial charge is 0.391 e. The molecule has 6 heteroatoms. The number of nitrogens with zero attached hydrogens (tertiary/aromatic N) is 4. The summed E-state index contributed by atoms with van der Waals surface area (Å²) < 4.78 is 1.73. The summed E-state index contributed by atoms with van der Waals surface area (Å²) in [5, 5.41) is 14.4. The summed E-state index contributed by atoms with van der Waals surface area (Å²) in [6, 6.07) is 5.20.